The lowest BCUT2D eigenvalue weighted by molar-refractivity contribution is 0.119. The molecule has 1 aromatic carbocycles. The first-order chi connectivity index (χ1) is 10.5. The Bertz CT molecular complexity index is 501. The fourth-order valence-corrected chi connectivity index (χ4v) is 2.24. The smallest absolute Gasteiger partial charge is 0.191 e. The highest BCUT2D eigenvalue weighted by molar-refractivity contribution is 5.80. The van der Waals surface area contributed by atoms with Crippen LogP contribution in [0.2, 0.25) is 0 Å². The van der Waals surface area contributed by atoms with E-state index in [4.69, 9.17) is 9.73 Å². The number of ether oxygens (including phenoxy) is 1. The molecule has 0 aromatic heterocycles. The number of benzene rings is 1. The molecule has 122 valence electrons. The van der Waals surface area contributed by atoms with Crippen molar-refractivity contribution >= 4 is 5.96 Å². The largest absolute Gasteiger partial charge is 0.490 e. The van der Waals surface area contributed by atoms with Gasteiger partial charge in [-0.1, -0.05) is 18.2 Å². The SMILES string of the molecule is CCNC(=NCc1ccccc1OC1CCC1)NC(C)(C)C. The van der Waals surface area contributed by atoms with Crippen molar-refractivity contribution in [3.63, 3.8) is 0 Å². The normalized spacial score (nSPS) is 16.1. The van der Waals surface area contributed by atoms with Crippen molar-refractivity contribution in [2.45, 2.75) is 65.1 Å². The number of hydrogen-bond donors (Lipinski definition) is 2. The highest BCUT2D eigenvalue weighted by atomic mass is 16.5. The van der Waals surface area contributed by atoms with Gasteiger partial charge >= 0.3 is 0 Å². The van der Waals surface area contributed by atoms with Gasteiger partial charge in [-0.3, -0.25) is 0 Å². The minimum absolute atomic E-state index is 0.0110. The minimum Gasteiger partial charge on any atom is -0.490 e. The van der Waals surface area contributed by atoms with Gasteiger partial charge in [-0.25, -0.2) is 4.99 Å². The number of para-hydroxylation sites is 1. The molecule has 1 aliphatic rings. The van der Waals surface area contributed by atoms with Crippen LogP contribution in [0.4, 0.5) is 0 Å². The second-order valence-corrected chi connectivity index (χ2v) is 6.85. The van der Waals surface area contributed by atoms with E-state index in [0.717, 1.165) is 23.8 Å². The molecule has 0 unspecified atom stereocenters. The van der Waals surface area contributed by atoms with E-state index in [0.29, 0.717) is 12.6 Å². The van der Waals surface area contributed by atoms with Crippen LogP contribution in [-0.2, 0) is 6.54 Å². The van der Waals surface area contributed by atoms with Gasteiger partial charge in [-0.05, 0) is 53.0 Å². The zero-order chi connectivity index (χ0) is 16.0. The summed E-state index contributed by atoms with van der Waals surface area (Å²) in [5.41, 5.74) is 1.13. The minimum atomic E-state index is -0.0110. The van der Waals surface area contributed by atoms with E-state index in [2.05, 4.69) is 44.4 Å². The zero-order valence-corrected chi connectivity index (χ0v) is 14.3. The van der Waals surface area contributed by atoms with Crippen LogP contribution >= 0.6 is 0 Å². The molecule has 0 heterocycles. The summed E-state index contributed by atoms with van der Waals surface area (Å²) in [6, 6.07) is 8.22. The van der Waals surface area contributed by atoms with Gasteiger partial charge in [0.15, 0.2) is 5.96 Å². The molecule has 1 saturated carbocycles. The molecule has 0 spiro atoms. The van der Waals surface area contributed by atoms with Crippen molar-refractivity contribution in [2.75, 3.05) is 6.54 Å². The van der Waals surface area contributed by atoms with E-state index < -0.39 is 0 Å². The van der Waals surface area contributed by atoms with Crippen molar-refractivity contribution in [2.24, 2.45) is 4.99 Å². The maximum absolute atomic E-state index is 6.06. The summed E-state index contributed by atoms with van der Waals surface area (Å²) in [5.74, 6) is 1.82. The van der Waals surface area contributed by atoms with Crippen molar-refractivity contribution in [3.05, 3.63) is 29.8 Å². The Kier molecular flexibility index (Phi) is 5.69. The summed E-state index contributed by atoms with van der Waals surface area (Å²) in [4.78, 5) is 4.70. The highest BCUT2D eigenvalue weighted by Crippen LogP contribution is 2.27. The number of guanidine groups is 1. The molecule has 1 aliphatic carbocycles. The number of hydrogen-bond acceptors (Lipinski definition) is 2. The van der Waals surface area contributed by atoms with Crippen LogP contribution in [0.5, 0.6) is 5.75 Å². The van der Waals surface area contributed by atoms with Crippen LogP contribution in [-0.4, -0.2) is 24.1 Å². The molecule has 0 amide bonds. The lowest BCUT2D eigenvalue weighted by Gasteiger charge is -2.27. The first-order valence-electron chi connectivity index (χ1n) is 8.29. The molecule has 2 N–H and O–H groups in total. The van der Waals surface area contributed by atoms with Crippen molar-refractivity contribution in [1.29, 1.82) is 0 Å². The molecule has 0 atom stereocenters. The Morgan fingerprint density at radius 1 is 1.27 bits per heavy atom. The standard InChI is InChI=1S/C18H29N3O/c1-5-19-17(21-18(2,3)4)20-13-14-9-6-7-12-16(14)22-15-10-8-11-15/h6-7,9,12,15H,5,8,10-11,13H2,1-4H3,(H2,19,20,21). The average Bonchev–Trinajstić information content (AvgIpc) is 2.40. The molecule has 0 aliphatic heterocycles. The topological polar surface area (TPSA) is 45.7 Å². The molecule has 0 saturated heterocycles. The van der Waals surface area contributed by atoms with Crippen LogP contribution in [0.3, 0.4) is 0 Å². The van der Waals surface area contributed by atoms with E-state index >= 15 is 0 Å². The Balaban J connectivity index is 2.05. The zero-order valence-electron chi connectivity index (χ0n) is 14.3. The van der Waals surface area contributed by atoms with Gasteiger partial charge < -0.3 is 15.4 Å². The third-order valence-corrected chi connectivity index (χ3v) is 3.56. The van der Waals surface area contributed by atoms with Gasteiger partial charge in [-0.15, -0.1) is 0 Å². The third kappa shape index (κ3) is 5.24. The van der Waals surface area contributed by atoms with Gasteiger partial charge in [0, 0.05) is 17.6 Å². The molecule has 0 radical (unpaired) electrons. The van der Waals surface area contributed by atoms with Gasteiger partial charge in [0.25, 0.3) is 0 Å². The first kappa shape index (κ1) is 16.7. The van der Waals surface area contributed by atoms with E-state index in [9.17, 15) is 0 Å². The molecular weight excluding hydrogens is 274 g/mol. The Morgan fingerprint density at radius 2 is 2.00 bits per heavy atom. The molecule has 1 aromatic rings. The van der Waals surface area contributed by atoms with Crippen LogP contribution < -0.4 is 15.4 Å². The fourth-order valence-electron chi connectivity index (χ4n) is 2.24. The predicted molar refractivity (Wildman–Crippen MR) is 92.4 cm³/mol. The second kappa shape index (κ2) is 7.52. The van der Waals surface area contributed by atoms with Gasteiger partial charge in [0.05, 0.1) is 12.6 Å². The Morgan fingerprint density at radius 3 is 2.59 bits per heavy atom. The number of rotatable bonds is 5. The van der Waals surface area contributed by atoms with Crippen LogP contribution in [0.25, 0.3) is 0 Å². The number of aliphatic imine (C=N–C) groups is 1. The lowest BCUT2D eigenvalue weighted by Crippen LogP contribution is -2.47. The Labute approximate surface area is 134 Å². The molecule has 22 heavy (non-hydrogen) atoms. The molecular formula is C18H29N3O. The average molecular weight is 303 g/mol. The van der Waals surface area contributed by atoms with Crippen molar-refractivity contribution in [1.82, 2.24) is 10.6 Å². The van der Waals surface area contributed by atoms with Crippen LogP contribution in [0.1, 0.15) is 52.5 Å². The summed E-state index contributed by atoms with van der Waals surface area (Å²) in [7, 11) is 0. The van der Waals surface area contributed by atoms with Gasteiger partial charge in [0.1, 0.15) is 5.75 Å². The summed E-state index contributed by atoms with van der Waals surface area (Å²) in [6.07, 6.45) is 4.02. The molecule has 4 nitrogen and oxygen atoms in total. The van der Waals surface area contributed by atoms with E-state index in [1.54, 1.807) is 0 Å². The first-order valence-corrected chi connectivity index (χ1v) is 8.29. The number of nitrogens with zero attached hydrogens (tertiary/aromatic N) is 1. The highest BCUT2D eigenvalue weighted by Gasteiger charge is 2.20. The van der Waals surface area contributed by atoms with Gasteiger partial charge in [0.2, 0.25) is 0 Å². The van der Waals surface area contributed by atoms with Crippen LogP contribution in [0, 0.1) is 0 Å². The maximum Gasteiger partial charge on any atom is 0.191 e. The van der Waals surface area contributed by atoms with Gasteiger partial charge in [-0.2, -0.15) is 0 Å². The second-order valence-electron chi connectivity index (χ2n) is 6.85. The van der Waals surface area contributed by atoms with Crippen molar-refractivity contribution in [3.8, 4) is 5.75 Å². The summed E-state index contributed by atoms with van der Waals surface area (Å²) in [5, 5.41) is 6.70. The van der Waals surface area contributed by atoms with E-state index in [-0.39, 0.29) is 5.54 Å². The van der Waals surface area contributed by atoms with E-state index in [1.165, 1.54) is 19.3 Å². The summed E-state index contributed by atoms with van der Waals surface area (Å²) in [6.45, 7) is 9.94. The monoisotopic (exact) mass is 303 g/mol. The van der Waals surface area contributed by atoms with Crippen molar-refractivity contribution < 1.29 is 4.74 Å². The molecule has 2 rings (SSSR count). The maximum atomic E-state index is 6.06. The molecule has 0 bridgehead atoms. The summed E-state index contributed by atoms with van der Waals surface area (Å²) >= 11 is 0. The lowest BCUT2D eigenvalue weighted by atomic mass is 9.96. The summed E-state index contributed by atoms with van der Waals surface area (Å²) < 4.78 is 6.06. The Hall–Kier alpha value is -1.71. The number of nitrogens with one attached hydrogen (secondary N) is 2. The molecule has 4 heteroatoms. The fraction of sp³-hybridized carbons (Fsp3) is 0.611. The third-order valence-electron chi connectivity index (χ3n) is 3.56. The molecule has 1 fully saturated rings. The quantitative estimate of drug-likeness (QED) is 0.647. The van der Waals surface area contributed by atoms with E-state index in [1.807, 2.05) is 18.2 Å². The van der Waals surface area contributed by atoms with Crippen LogP contribution in [0.15, 0.2) is 29.3 Å². The predicted octanol–water partition coefficient (Wildman–Crippen LogP) is 3.47.